The van der Waals surface area contributed by atoms with Gasteiger partial charge in [0.2, 0.25) is 5.91 Å². The SMILES string of the molecule is O=C(NCC1(c2ccccn2)CC1)C1CCCCC1. The largest absolute Gasteiger partial charge is 0.355 e. The number of rotatable bonds is 4. The van der Waals surface area contributed by atoms with Crippen LogP contribution in [0.15, 0.2) is 24.4 Å². The molecule has 0 radical (unpaired) electrons. The summed E-state index contributed by atoms with van der Waals surface area (Å²) in [6.07, 6.45) is 10.0. The summed E-state index contributed by atoms with van der Waals surface area (Å²) in [6.45, 7) is 0.763. The molecule has 19 heavy (non-hydrogen) atoms. The van der Waals surface area contributed by atoms with Gasteiger partial charge in [-0.05, 0) is 37.8 Å². The van der Waals surface area contributed by atoms with Crippen LogP contribution < -0.4 is 5.32 Å². The molecule has 0 aliphatic heterocycles. The molecule has 1 heterocycles. The first kappa shape index (κ1) is 12.6. The van der Waals surface area contributed by atoms with E-state index in [1.165, 1.54) is 19.3 Å². The van der Waals surface area contributed by atoms with E-state index in [9.17, 15) is 4.79 Å². The third-order valence-corrected chi connectivity index (χ3v) is 4.64. The maximum Gasteiger partial charge on any atom is 0.223 e. The predicted octanol–water partition coefficient (Wildman–Crippen LogP) is 2.81. The van der Waals surface area contributed by atoms with Gasteiger partial charge in [-0.3, -0.25) is 9.78 Å². The monoisotopic (exact) mass is 258 g/mol. The number of carbonyl (C=O) groups excluding carboxylic acids is 1. The second-order valence-corrected chi connectivity index (χ2v) is 6.05. The van der Waals surface area contributed by atoms with Crippen molar-refractivity contribution in [2.75, 3.05) is 6.54 Å². The fraction of sp³-hybridized carbons (Fsp3) is 0.625. The van der Waals surface area contributed by atoms with Gasteiger partial charge in [0.05, 0.1) is 0 Å². The summed E-state index contributed by atoms with van der Waals surface area (Å²) in [7, 11) is 0. The molecular formula is C16H22N2O. The lowest BCUT2D eigenvalue weighted by Gasteiger charge is -2.22. The Morgan fingerprint density at radius 2 is 2.05 bits per heavy atom. The van der Waals surface area contributed by atoms with Crippen LogP contribution in [-0.2, 0) is 10.2 Å². The van der Waals surface area contributed by atoms with Gasteiger partial charge < -0.3 is 5.32 Å². The Balaban J connectivity index is 1.56. The maximum absolute atomic E-state index is 12.2. The molecule has 0 unspecified atom stereocenters. The lowest BCUT2D eigenvalue weighted by atomic mass is 9.88. The van der Waals surface area contributed by atoms with Gasteiger partial charge in [-0.1, -0.05) is 25.3 Å². The molecule has 0 bridgehead atoms. The van der Waals surface area contributed by atoms with Crippen LogP contribution in [0.25, 0.3) is 0 Å². The molecule has 2 saturated carbocycles. The van der Waals surface area contributed by atoms with Crippen LogP contribution in [0, 0.1) is 5.92 Å². The smallest absolute Gasteiger partial charge is 0.223 e. The van der Waals surface area contributed by atoms with Gasteiger partial charge >= 0.3 is 0 Å². The van der Waals surface area contributed by atoms with Crippen molar-refractivity contribution in [1.82, 2.24) is 10.3 Å². The van der Waals surface area contributed by atoms with Gasteiger partial charge in [0.1, 0.15) is 0 Å². The van der Waals surface area contributed by atoms with E-state index in [2.05, 4.69) is 16.4 Å². The van der Waals surface area contributed by atoms with Crippen LogP contribution in [0.1, 0.15) is 50.6 Å². The molecule has 1 amide bonds. The summed E-state index contributed by atoms with van der Waals surface area (Å²) in [5.41, 5.74) is 1.27. The van der Waals surface area contributed by atoms with Crippen LogP contribution in [0.4, 0.5) is 0 Å². The van der Waals surface area contributed by atoms with Gasteiger partial charge in [-0.2, -0.15) is 0 Å². The summed E-state index contributed by atoms with van der Waals surface area (Å²) in [6, 6.07) is 6.06. The van der Waals surface area contributed by atoms with Crippen molar-refractivity contribution < 1.29 is 4.79 Å². The molecule has 2 aliphatic carbocycles. The minimum atomic E-state index is 0.131. The molecule has 0 aromatic carbocycles. The molecule has 1 N–H and O–H groups in total. The lowest BCUT2D eigenvalue weighted by Crippen LogP contribution is -2.37. The number of hydrogen-bond donors (Lipinski definition) is 1. The molecule has 2 fully saturated rings. The molecule has 0 spiro atoms. The number of pyridine rings is 1. The molecule has 1 aromatic rings. The van der Waals surface area contributed by atoms with Crippen LogP contribution >= 0.6 is 0 Å². The van der Waals surface area contributed by atoms with Crippen molar-refractivity contribution in [2.24, 2.45) is 5.92 Å². The fourth-order valence-electron chi connectivity index (χ4n) is 3.12. The predicted molar refractivity (Wildman–Crippen MR) is 74.7 cm³/mol. The highest BCUT2D eigenvalue weighted by Crippen LogP contribution is 2.46. The number of aromatic nitrogens is 1. The van der Waals surface area contributed by atoms with Crippen molar-refractivity contribution in [2.45, 2.75) is 50.4 Å². The zero-order chi connectivity index (χ0) is 13.1. The van der Waals surface area contributed by atoms with Gasteiger partial charge in [0.15, 0.2) is 0 Å². The van der Waals surface area contributed by atoms with Crippen LogP contribution in [0.2, 0.25) is 0 Å². The highest BCUT2D eigenvalue weighted by atomic mass is 16.1. The van der Waals surface area contributed by atoms with Gasteiger partial charge in [-0.15, -0.1) is 0 Å². The Kier molecular flexibility index (Phi) is 3.54. The van der Waals surface area contributed by atoms with E-state index in [0.717, 1.165) is 37.9 Å². The number of amides is 1. The van der Waals surface area contributed by atoms with Crippen LogP contribution in [0.3, 0.4) is 0 Å². The zero-order valence-electron chi connectivity index (χ0n) is 11.4. The summed E-state index contributed by atoms with van der Waals surface area (Å²) >= 11 is 0. The third-order valence-electron chi connectivity index (χ3n) is 4.64. The van der Waals surface area contributed by atoms with E-state index in [0.29, 0.717) is 0 Å². The van der Waals surface area contributed by atoms with E-state index in [4.69, 9.17) is 0 Å². The molecule has 1 aromatic heterocycles. The molecule has 102 valence electrons. The van der Waals surface area contributed by atoms with Crippen molar-refractivity contribution in [3.63, 3.8) is 0 Å². The highest BCUT2D eigenvalue weighted by Gasteiger charge is 2.45. The van der Waals surface area contributed by atoms with Gasteiger partial charge in [0, 0.05) is 29.8 Å². The first-order valence-electron chi connectivity index (χ1n) is 7.49. The molecule has 3 rings (SSSR count). The molecule has 0 saturated heterocycles. The Labute approximate surface area is 114 Å². The number of hydrogen-bond acceptors (Lipinski definition) is 2. The molecule has 0 atom stereocenters. The minimum absolute atomic E-state index is 0.131. The highest BCUT2D eigenvalue weighted by molar-refractivity contribution is 5.78. The average Bonchev–Trinajstić information content (AvgIpc) is 3.28. The summed E-state index contributed by atoms with van der Waals surface area (Å²) in [4.78, 5) is 16.6. The Morgan fingerprint density at radius 3 is 2.68 bits per heavy atom. The van der Waals surface area contributed by atoms with Crippen molar-refractivity contribution >= 4 is 5.91 Å². The summed E-state index contributed by atoms with van der Waals surface area (Å²) in [5.74, 6) is 0.523. The van der Waals surface area contributed by atoms with E-state index in [-0.39, 0.29) is 17.2 Å². The average molecular weight is 258 g/mol. The van der Waals surface area contributed by atoms with E-state index >= 15 is 0 Å². The second-order valence-electron chi connectivity index (χ2n) is 6.05. The number of nitrogens with zero attached hydrogens (tertiary/aromatic N) is 1. The topological polar surface area (TPSA) is 42.0 Å². The van der Waals surface area contributed by atoms with E-state index in [1.54, 1.807) is 0 Å². The van der Waals surface area contributed by atoms with Crippen molar-refractivity contribution in [3.8, 4) is 0 Å². The van der Waals surface area contributed by atoms with Crippen LogP contribution in [-0.4, -0.2) is 17.4 Å². The second kappa shape index (κ2) is 5.32. The fourth-order valence-corrected chi connectivity index (χ4v) is 3.12. The normalized spacial score (nSPS) is 21.9. The molecular weight excluding hydrogens is 236 g/mol. The van der Waals surface area contributed by atoms with E-state index in [1.807, 2.05) is 18.3 Å². The maximum atomic E-state index is 12.2. The first-order chi connectivity index (χ1) is 9.30. The molecule has 3 nitrogen and oxygen atoms in total. The van der Waals surface area contributed by atoms with Crippen LogP contribution in [0.5, 0.6) is 0 Å². The molecule has 2 aliphatic rings. The van der Waals surface area contributed by atoms with Gasteiger partial charge in [0.25, 0.3) is 0 Å². The van der Waals surface area contributed by atoms with Crippen molar-refractivity contribution in [3.05, 3.63) is 30.1 Å². The minimum Gasteiger partial charge on any atom is -0.355 e. The summed E-state index contributed by atoms with van der Waals surface area (Å²) in [5, 5.41) is 3.17. The van der Waals surface area contributed by atoms with Gasteiger partial charge in [-0.25, -0.2) is 0 Å². The number of carbonyl (C=O) groups is 1. The summed E-state index contributed by atoms with van der Waals surface area (Å²) < 4.78 is 0. The zero-order valence-corrected chi connectivity index (χ0v) is 11.4. The third kappa shape index (κ3) is 2.80. The standard InChI is InChI=1S/C16H22N2O/c19-15(13-6-2-1-3-7-13)18-12-16(9-10-16)14-8-4-5-11-17-14/h4-5,8,11,13H,1-3,6-7,9-10,12H2,(H,18,19). The Hall–Kier alpha value is -1.38. The first-order valence-corrected chi connectivity index (χ1v) is 7.49. The lowest BCUT2D eigenvalue weighted by molar-refractivity contribution is -0.126. The Morgan fingerprint density at radius 1 is 1.26 bits per heavy atom. The Bertz CT molecular complexity index is 433. The quantitative estimate of drug-likeness (QED) is 0.902. The number of nitrogens with one attached hydrogen (secondary N) is 1. The molecule has 3 heteroatoms. The van der Waals surface area contributed by atoms with Crippen molar-refractivity contribution in [1.29, 1.82) is 0 Å². The van der Waals surface area contributed by atoms with E-state index < -0.39 is 0 Å².